The predicted molar refractivity (Wildman–Crippen MR) is 64.9 cm³/mol. The van der Waals surface area contributed by atoms with Crippen LogP contribution in [0.5, 0.6) is 0 Å². The highest BCUT2D eigenvalue weighted by Crippen LogP contribution is 2.03. The first-order valence-corrected chi connectivity index (χ1v) is 5.75. The average Bonchev–Trinajstić information content (AvgIpc) is 2.30. The Hall–Kier alpha value is -1.40. The van der Waals surface area contributed by atoms with E-state index in [4.69, 9.17) is 5.26 Å². The van der Waals surface area contributed by atoms with Gasteiger partial charge >= 0.3 is 0 Å². The molecule has 1 aromatic rings. The van der Waals surface area contributed by atoms with Gasteiger partial charge in [-0.2, -0.15) is 5.26 Å². The van der Waals surface area contributed by atoms with E-state index in [1.165, 1.54) is 0 Å². The molecule has 0 atom stereocenters. The molecule has 16 heavy (non-hydrogen) atoms. The zero-order chi connectivity index (χ0) is 11.8. The summed E-state index contributed by atoms with van der Waals surface area (Å²) in [6.07, 6.45) is 3.37. The van der Waals surface area contributed by atoms with Crippen molar-refractivity contribution in [2.75, 3.05) is 13.1 Å². The van der Waals surface area contributed by atoms with Crippen LogP contribution in [-0.2, 0) is 6.42 Å². The van der Waals surface area contributed by atoms with Crippen LogP contribution in [0, 0.1) is 11.3 Å². The Morgan fingerprint density at radius 1 is 1.38 bits per heavy atom. The van der Waals surface area contributed by atoms with E-state index in [9.17, 15) is 0 Å². The van der Waals surface area contributed by atoms with Crippen LogP contribution < -0.4 is 0 Å². The van der Waals surface area contributed by atoms with Crippen molar-refractivity contribution < 1.29 is 0 Å². The van der Waals surface area contributed by atoms with E-state index in [1.807, 2.05) is 24.4 Å². The lowest BCUT2D eigenvalue weighted by Gasteiger charge is -2.25. The summed E-state index contributed by atoms with van der Waals surface area (Å²) in [5.74, 6) is 0. The van der Waals surface area contributed by atoms with E-state index in [0.717, 1.165) is 25.2 Å². The number of nitriles is 1. The Balaban J connectivity index is 2.41. The van der Waals surface area contributed by atoms with E-state index in [1.54, 1.807) is 0 Å². The lowest BCUT2D eigenvalue weighted by Crippen LogP contribution is -2.33. The molecule has 0 saturated carbocycles. The molecule has 0 spiro atoms. The molecule has 0 aromatic carbocycles. The minimum Gasteiger partial charge on any atom is -0.300 e. The van der Waals surface area contributed by atoms with Crippen molar-refractivity contribution in [3.8, 4) is 6.07 Å². The van der Waals surface area contributed by atoms with Gasteiger partial charge < -0.3 is 0 Å². The van der Waals surface area contributed by atoms with Gasteiger partial charge in [-0.1, -0.05) is 6.07 Å². The maximum atomic E-state index is 8.59. The Kier molecular flexibility index (Phi) is 5.52. The zero-order valence-corrected chi connectivity index (χ0v) is 10.1. The molecule has 0 amide bonds. The van der Waals surface area contributed by atoms with Crippen LogP contribution in [0.15, 0.2) is 24.4 Å². The summed E-state index contributed by atoms with van der Waals surface area (Å²) in [6.45, 7) is 6.14. The predicted octanol–water partition coefficient (Wildman–Crippen LogP) is 2.25. The second-order valence-corrected chi connectivity index (χ2v) is 4.11. The molecule has 0 aliphatic rings. The number of aromatic nitrogens is 1. The van der Waals surface area contributed by atoms with E-state index < -0.39 is 0 Å². The van der Waals surface area contributed by atoms with Crippen LogP contribution in [0.3, 0.4) is 0 Å². The van der Waals surface area contributed by atoms with Gasteiger partial charge in [0.05, 0.1) is 6.07 Å². The van der Waals surface area contributed by atoms with Crippen LogP contribution in [0.2, 0.25) is 0 Å². The Bertz CT molecular complexity index is 327. The van der Waals surface area contributed by atoms with Crippen molar-refractivity contribution in [2.45, 2.75) is 32.7 Å². The van der Waals surface area contributed by atoms with E-state index in [0.29, 0.717) is 12.5 Å². The third kappa shape index (κ3) is 4.41. The minimum absolute atomic E-state index is 0.483. The fourth-order valence-electron chi connectivity index (χ4n) is 1.63. The summed E-state index contributed by atoms with van der Waals surface area (Å²) in [5.41, 5.74) is 1.12. The number of nitrogens with zero attached hydrogens (tertiary/aromatic N) is 3. The topological polar surface area (TPSA) is 39.9 Å². The van der Waals surface area contributed by atoms with Crippen molar-refractivity contribution in [3.05, 3.63) is 30.1 Å². The molecule has 1 rings (SSSR count). The normalized spacial score (nSPS) is 10.7. The van der Waals surface area contributed by atoms with Crippen molar-refractivity contribution in [1.29, 1.82) is 5.26 Å². The third-order valence-corrected chi connectivity index (χ3v) is 2.62. The van der Waals surface area contributed by atoms with Crippen molar-refractivity contribution in [2.24, 2.45) is 0 Å². The summed E-state index contributed by atoms with van der Waals surface area (Å²) < 4.78 is 0. The molecule has 0 fully saturated rings. The third-order valence-electron chi connectivity index (χ3n) is 2.62. The molecule has 1 heterocycles. The molecule has 3 heteroatoms. The quantitative estimate of drug-likeness (QED) is 0.733. The SMILES string of the molecule is CC(C)N(CCC#N)CCc1ccccn1. The molecule has 3 nitrogen and oxygen atoms in total. The fourth-order valence-corrected chi connectivity index (χ4v) is 1.63. The number of hydrogen-bond acceptors (Lipinski definition) is 3. The van der Waals surface area contributed by atoms with Crippen LogP contribution in [0.25, 0.3) is 0 Å². The van der Waals surface area contributed by atoms with E-state index in [-0.39, 0.29) is 0 Å². The molecule has 0 aliphatic heterocycles. The lowest BCUT2D eigenvalue weighted by molar-refractivity contribution is 0.229. The van der Waals surface area contributed by atoms with Gasteiger partial charge in [0.15, 0.2) is 0 Å². The van der Waals surface area contributed by atoms with Gasteiger partial charge in [-0.05, 0) is 26.0 Å². The van der Waals surface area contributed by atoms with Gasteiger partial charge in [-0.3, -0.25) is 9.88 Å². The van der Waals surface area contributed by atoms with Gasteiger partial charge in [-0.15, -0.1) is 0 Å². The second-order valence-electron chi connectivity index (χ2n) is 4.11. The maximum Gasteiger partial charge on any atom is 0.0635 e. The second kappa shape index (κ2) is 6.97. The van der Waals surface area contributed by atoms with Gasteiger partial charge in [-0.25, -0.2) is 0 Å². The first-order chi connectivity index (χ1) is 7.74. The molecule has 1 aromatic heterocycles. The smallest absolute Gasteiger partial charge is 0.0635 e. The molecular formula is C13H19N3. The molecule has 0 N–H and O–H groups in total. The minimum atomic E-state index is 0.483. The first-order valence-electron chi connectivity index (χ1n) is 5.75. The number of rotatable bonds is 6. The summed E-state index contributed by atoms with van der Waals surface area (Å²) in [6, 6.07) is 8.66. The monoisotopic (exact) mass is 217 g/mol. The lowest BCUT2D eigenvalue weighted by atomic mass is 10.2. The van der Waals surface area contributed by atoms with Gasteiger partial charge in [0, 0.05) is 43.9 Å². The fraction of sp³-hybridized carbons (Fsp3) is 0.538. The number of pyridine rings is 1. The van der Waals surface area contributed by atoms with Gasteiger partial charge in [0.25, 0.3) is 0 Å². The molecule has 0 unspecified atom stereocenters. The van der Waals surface area contributed by atoms with Crippen LogP contribution in [0.1, 0.15) is 26.0 Å². The maximum absolute atomic E-state index is 8.59. The Labute approximate surface area is 97.7 Å². The Morgan fingerprint density at radius 2 is 2.19 bits per heavy atom. The van der Waals surface area contributed by atoms with Gasteiger partial charge in [0.2, 0.25) is 0 Å². The summed E-state index contributed by atoms with van der Waals surface area (Å²) in [4.78, 5) is 6.62. The number of hydrogen-bond donors (Lipinski definition) is 0. The van der Waals surface area contributed by atoms with Crippen LogP contribution in [-0.4, -0.2) is 29.0 Å². The average molecular weight is 217 g/mol. The van der Waals surface area contributed by atoms with E-state index in [2.05, 4.69) is 29.8 Å². The Morgan fingerprint density at radius 3 is 2.75 bits per heavy atom. The van der Waals surface area contributed by atoms with Crippen LogP contribution in [0.4, 0.5) is 0 Å². The largest absolute Gasteiger partial charge is 0.300 e. The van der Waals surface area contributed by atoms with Crippen molar-refractivity contribution in [1.82, 2.24) is 9.88 Å². The molecule has 86 valence electrons. The van der Waals surface area contributed by atoms with Crippen LogP contribution >= 0.6 is 0 Å². The highest BCUT2D eigenvalue weighted by atomic mass is 15.1. The summed E-state index contributed by atoms with van der Waals surface area (Å²) in [5, 5.41) is 8.59. The molecule has 0 saturated heterocycles. The van der Waals surface area contributed by atoms with Crippen molar-refractivity contribution in [3.63, 3.8) is 0 Å². The summed E-state index contributed by atoms with van der Waals surface area (Å²) >= 11 is 0. The van der Waals surface area contributed by atoms with E-state index >= 15 is 0 Å². The highest BCUT2D eigenvalue weighted by molar-refractivity contribution is 5.03. The first kappa shape index (κ1) is 12.7. The standard InChI is InChI=1S/C13H19N3/c1-12(2)16(10-5-8-14)11-7-13-6-3-4-9-15-13/h3-4,6,9,12H,5,7,10-11H2,1-2H3. The molecule has 0 radical (unpaired) electrons. The molecule has 0 aliphatic carbocycles. The van der Waals surface area contributed by atoms with Gasteiger partial charge in [0.1, 0.15) is 0 Å². The molecule has 0 bridgehead atoms. The summed E-state index contributed by atoms with van der Waals surface area (Å²) in [7, 11) is 0. The highest BCUT2D eigenvalue weighted by Gasteiger charge is 2.08. The van der Waals surface area contributed by atoms with Crippen molar-refractivity contribution >= 4 is 0 Å². The zero-order valence-electron chi connectivity index (χ0n) is 10.1. The molecular weight excluding hydrogens is 198 g/mol.